The Labute approximate surface area is 164 Å². The van der Waals surface area contributed by atoms with Gasteiger partial charge in [0, 0.05) is 24.9 Å². The molecule has 5 nitrogen and oxygen atoms in total. The van der Waals surface area contributed by atoms with Gasteiger partial charge in [0.2, 0.25) is 15.9 Å². The molecule has 1 heterocycles. The molecule has 0 saturated carbocycles. The van der Waals surface area contributed by atoms with Gasteiger partial charge in [-0.25, -0.2) is 22.5 Å². The maximum absolute atomic E-state index is 13.2. The Morgan fingerprint density at radius 3 is 2.41 bits per heavy atom. The molecule has 1 N–H and O–H groups in total. The van der Waals surface area contributed by atoms with Crippen LogP contribution < -0.4 is 9.46 Å². The van der Waals surface area contributed by atoms with Crippen molar-refractivity contribution in [2.45, 2.75) is 17.6 Å². The number of ether oxygens (including phenoxy) is 1. The van der Waals surface area contributed by atoms with Crippen molar-refractivity contribution in [2.24, 2.45) is 0 Å². The summed E-state index contributed by atoms with van der Waals surface area (Å²) in [5.41, 5.74) is -0.853. The third kappa shape index (κ3) is 5.30. The van der Waals surface area contributed by atoms with Crippen molar-refractivity contribution in [1.29, 1.82) is 0 Å². The standard InChI is InChI=1S/C19H14F4N2O3S/c20-14-4-3-5-15(10-14)28-18-9-8-13(11-24-18)12-25-29(26,27)17-7-2-1-6-16(17)19(21,22)23/h1-11,25H,12H2. The molecule has 10 heteroatoms. The van der Waals surface area contributed by atoms with Crippen molar-refractivity contribution in [3.05, 3.63) is 83.8 Å². The van der Waals surface area contributed by atoms with Crippen molar-refractivity contribution in [3.8, 4) is 11.6 Å². The van der Waals surface area contributed by atoms with E-state index in [0.29, 0.717) is 11.6 Å². The molecule has 2 aromatic carbocycles. The normalized spacial score (nSPS) is 12.0. The van der Waals surface area contributed by atoms with Crippen LogP contribution in [0.25, 0.3) is 0 Å². The molecular formula is C19H14F4N2O3S. The molecule has 3 aromatic rings. The summed E-state index contributed by atoms with van der Waals surface area (Å²) in [5, 5.41) is 0. The average Bonchev–Trinajstić information content (AvgIpc) is 2.67. The number of benzene rings is 2. The van der Waals surface area contributed by atoms with Crippen LogP contribution in [0.5, 0.6) is 11.6 Å². The largest absolute Gasteiger partial charge is 0.439 e. The summed E-state index contributed by atoms with van der Waals surface area (Å²) >= 11 is 0. The summed E-state index contributed by atoms with van der Waals surface area (Å²) in [5.74, 6) is -0.105. The van der Waals surface area contributed by atoms with E-state index in [1.807, 2.05) is 0 Å². The van der Waals surface area contributed by atoms with Crippen molar-refractivity contribution in [1.82, 2.24) is 9.71 Å². The van der Waals surface area contributed by atoms with Crippen LogP contribution >= 0.6 is 0 Å². The third-order valence-corrected chi connectivity index (χ3v) is 5.22. The van der Waals surface area contributed by atoms with E-state index in [4.69, 9.17) is 4.74 Å². The minimum atomic E-state index is -4.80. The zero-order chi connectivity index (χ0) is 21.1. The molecule has 0 aliphatic carbocycles. The fourth-order valence-electron chi connectivity index (χ4n) is 2.42. The lowest BCUT2D eigenvalue weighted by Crippen LogP contribution is -2.26. The van der Waals surface area contributed by atoms with Gasteiger partial charge >= 0.3 is 6.18 Å². The highest BCUT2D eigenvalue weighted by Crippen LogP contribution is 2.33. The van der Waals surface area contributed by atoms with Crippen LogP contribution in [0, 0.1) is 5.82 Å². The molecule has 0 unspecified atom stereocenters. The fourth-order valence-corrected chi connectivity index (χ4v) is 3.66. The van der Waals surface area contributed by atoms with Crippen LogP contribution in [0.3, 0.4) is 0 Å². The third-order valence-electron chi connectivity index (χ3n) is 3.76. The molecule has 0 aliphatic heterocycles. The van der Waals surface area contributed by atoms with Crippen LogP contribution in [0.4, 0.5) is 17.6 Å². The second-order valence-electron chi connectivity index (χ2n) is 5.88. The number of halogens is 4. The minimum Gasteiger partial charge on any atom is -0.439 e. The monoisotopic (exact) mass is 426 g/mol. The molecule has 0 aliphatic rings. The molecule has 0 amide bonds. The summed E-state index contributed by atoms with van der Waals surface area (Å²) < 4.78 is 84.4. The van der Waals surface area contributed by atoms with E-state index in [0.717, 1.165) is 12.1 Å². The Morgan fingerprint density at radius 1 is 1.00 bits per heavy atom. The van der Waals surface area contributed by atoms with E-state index in [-0.39, 0.29) is 18.2 Å². The lowest BCUT2D eigenvalue weighted by molar-refractivity contribution is -0.139. The van der Waals surface area contributed by atoms with Gasteiger partial charge in [0.15, 0.2) is 0 Å². The van der Waals surface area contributed by atoms with Gasteiger partial charge < -0.3 is 4.74 Å². The maximum atomic E-state index is 13.2. The first kappa shape index (κ1) is 20.7. The van der Waals surface area contributed by atoms with Crippen molar-refractivity contribution >= 4 is 10.0 Å². The molecule has 0 fully saturated rings. The zero-order valence-electron chi connectivity index (χ0n) is 14.7. The maximum Gasteiger partial charge on any atom is 0.417 e. The van der Waals surface area contributed by atoms with Crippen molar-refractivity contribution in [2.75, 3.05) is 0 Å². The van der Waals surface area contributed by atoms with Crippen LogP contribution in [0.15, 0.2) is 71.8 Å². The average molecular weight is 426 g/mol. The van der Waals surface area contributed by atoms with E-state index in [9.17, 15) is 26.0 Å². The Kier molecular flexibility index (Phi) is 5.85. The zero-order valence-corrected chi connectivity index (χ0v) is 15.5. The van der Waals surface area contributed by atoms with Gasteiger partial charge in [-0.1, -0.05) is 24.3 Å². The van der Waals surface area contributed by atoms with Crippen LogP contribution in [0.1, 0.15) is 11.1 Å². The van der Waals surface area contributed by atoms with Crippen LogP contribution in [-0.4, -0.2) is 13.4 Å². The van der Waals surface area contributed by atoms with Gasteiger partial charge in [-0.05, 0) is 29.8 Å². The summed E-state index contributed by atoms with van der Waals surface area (Å²) in [4.78, 5) is 3.12. The summed E-state index contributed by atoms with van der Waals surface area (Å²) in [7, 11) is -4.41. The second kappa shape index (κ2) is 8.18. The van der Waals surface area contributed by atoms with Crippen molar-refractivity contribution < 1.29 is 30.7 Å². The van der Waals surface area contributed by atoms with Crippen molar-refractivity contribution in [3.63, 3.8) is 0 Å². The topological polar surface area (TPSA) is 68.3 Å². The number of pyridine rings is 1. The Balaban J connectivity index is 1.70. The number of aromatic nitrogens is 1. The number of rotatable bonds is 6. The quantitative estimate of drug-likeness (QED) is 0.589. The lowest BCUT2D eigenvalue weighted by atomic mass is 10.2. The Hall–Kier alpha value is -2.98. The summed E-state index contributed by atoms with van der Waals surface area (Å²) in [6, 6.07) is 12.3. The predicted molar refractivity (Wildman–Crippen MR) is 96.2 cm³/mol. The van der Waals surface area contributed by atoms with Gasteiger partial charge in [-0.2, -0.15) is 13.2 Å². The second-order valence-corrected chi connectivity index (χ2v) is 7.62. The van der Waals surface area contributed by atoms with E-state index >= 15 is 0 Å². The van der Waals surface area contributed by atoms with Gasteiger partial charge in [0.05, 0.1) is 10.5 Å². The predicted octanol–water partition coefficient (Wildman–Crippen LogP) is 4.51. The van der Waals surface area contributed by atoms with E-state index in [1.54, 1.807) is 0 Å². The molecule has 29 heavy (non-hydrogen) atoms. The molecule has 0 spiro atoms. The number of sulfonamides is 1. The highest BCUT2D eigenvalue weighted by atomic mass is 32.2. The van der Waals surface area contributed by atoms with Gasteiger partial charge in [-0.3, -0.25) is 0 Å². The first-order valence-corrected chi connectivity index (χ1v) is 9.68. The van der Waals surface area contributed by atoms with E-state index < -0.39 is 32.5 Å². The first-order chi connectivity index (χ1) is 13.6. The molecular weight excluding hydrogens is 412 g/mol. The highest BCUT2D eigenvalue weighted by molar-refractivity contribution is 7.89. The molecule has 1 aromatic heterocycles. The van der Waals surface area contributed by atoms with Gasteiger partial charge in [-0.15, -0.1) is 0 Å². The molecule has 3 rings (SSSR count). The van der Waals surface area contributed by atoms with Crippen LogP contribution in [-0.2, 0) is 22.7 Å². The smallest absolute Gasteiger partial charge is 0.417 e. The van der Waals surface area contributed by atoms with E-state index in [1.165, 1.54) is 48.7 Å². The Morgan fingerprint density at radius 2 is 1.76 bits per heavy atom. The molecule has 0 radical (unpaired) electrons. The Bertz CT molecular complexity index is 1100. The summed E-state index contributed by atoms with van der Waals surface area (Å²) in [6.07, 6.45) is -3.50. The number of hydrogen-bond acceptors (Lipinski definition) is 4. The number of nitrogens with one attached hydrogen (secondary N) is 1. The number of nitrogens with zero attached hydrogens (tertiary/aromatic N) is 1. The van der Waals surface area contributed by atoms with Crippen LogP contribution in [0.2, 0.25) is 0 Å². The molecule has 0 atom stereocenters. The fraction of sp³-hybridized carbons (Fsp3) is 0.105. The summed E-state index contributed by atoms with van der Waals surface area (Å²) in [6.45, 7) is -0.276. The van der Waals surface area contributed by atoms with Gasteiger partial charge in [0.25, 0.3) is 0 Å². The lowest BCUT2D eigenvalue weighted by Gasteiger charge is -2.13. The van der Waals surface area contributed by atoms with Gasteiger partial charge in [0.1, 0.15) is 11.6 Å². The number of hydrogen-bond donors (Lipinski definition) is 1. The molecule has 0 bridgehead atoms. The SMILES string of the molecule is O=S(=O)(NCc1ccc(Oc2cccc(F)c2)nc1)c1ccccc1C(F)(F)F. The first-order valence-electron chi connectivity index (χ1n) is 8.19. The highest BCUT2D eigenvalue weighted by Gasteiger charge is 2.36. The molecule has 152 valence electrons. The van der Waals surface area contributed by atoms with E-state index in [2.05, 4.69) is 9.71 Å². The number of alkyl halides is 3. The minimum absolute atomic E-state index is 0.143. The molecule has 0 saturated heterocycles.